The standard InChI is InChI=1S/C17H21N7/c1-13-7-14(4-5-16(13)24-12-18-10-21-24)8-23-6-2-3-15(9-23)17-19-11-20-22-17/h4-5,7,10-12,15H,2-3,6,8-9H2,1H3,(H,19,20,22). The van der Waals surface area contributed by atoms with Crippen LogP contribution in [0.3, 0.4) is 0 Å². The molecule has 1 fully saturated rings. The number of hydrogen-bond acceptors (Lipinski definition) is 5. The molecule has 1 unspecified atom stereocenters. The number of hydrogen-bond donors (Lipinski definition) is 1. The minimum Gasteiger partial charge on any atom is -0.298 e. The molecule has 24 heavy (non-hydrogen) atoms. The molecule has 1 aliphatic rings. The number of aromatic nitrogens is 6. The number of aryl methyl sites for hydroxylation is 1. The van der Waals surface area contributed by atoms with Crippen molar-refractivity contribution in [3.05, 3.63) is 54.1 Å². The van der Waals surface area contributed by atoms with Gasteiger partial charge in [-0.2, -0.15) is 10.2 Å². The topological polar surface area (TPSA) is 75.5 Å². The summed E-state index contributed by atoms with van der Waals surface area (Å²) < 4.78 is 1.81. The van der Waals surface area contributed by atoms with Gasteiger partial charge in [0.1, 0.15) is 24.8 Å². The van der Waals surface area contributed by atoms with E-state index >= 15 is 0 Å². The summed E-state index contributed by atoms with van der Waals surface area (Å²) in [6, 6.07) is 6.55. The monoisotopic (exact) mass is 323 g/mol. The van der Waals surface area contributed by atoms with E-state index in [4.69, 9.17) is 0 Å². The fraction of sp³-hybridized carbons (Fsp3) is 0.412. The van der Waals surface area contributed by atoms with Gasteiger partial charge in [-0.25, -0.2) is 14.6 Å². The van der Waals surface area contributed by atoms with E-state index in [0.717, 1.165) is 31.1 Å². The maximum absolute atomic E-state index is 4.33. The zero-order valence-electron chi connectivity index (χ0n) is 13.8. The van der Waals surface area contributed by atoms with E-state index < -0.39 is 0 Å². The zero-order chi connectivity index (χ0) is 16.4. The van der Waals surface area contributed by atoms with Crippen LogP contribution in [0.5, 0.6) is 0 Å². The Bertz CT molecular complexity index is 779. The van der Waals surface area contributed by atoms with Crippen LogP contribution in [0, 0.1) is 6.92 Å². The molecule has 1 aliphatic heterocycles. The number of piperidine rings is 1. The van der Waals surface area contributed by atoms with E-state index in [1.165, 1.54) is 24.0 Å². The predicted molar refractivity (Wildman–Crippen MR) is 89.7 cm³/mol. The van der Waals surface area contributed by atoms with Gasteiger partial charge in [0.15, 0.2) is 0 Å². The molecule has 0 spiro atoms. The van der Waals surface area contributed by atoms with E-state index in [2.05, 4.69) is 55.3 Å². The SMILES string of the molecule is Cc1cc(CN2CCCC(c3ncn[nH]3)C2)ccc1-n1cncn1. The van der Waals surface area contributed by atoms with Crippen molar-refractivity contribution in [3.63, 3.8) is 0 Å². The van der Waals surface area contributed by atoms with Crippen LogP contribution in [0.15, 0.2) is 37.2 Å². The average molecular weight is 323 g/mol. The second kappa shape index (κ2) is 6.52. The van der Waals surface area contributed by atoms with Crippen molar-refractivity contribution < 1.29 is 0 Å². The van der Waals surface area contributed by atoms with E-state index in [1.54, 1.807) is 23.7 Å². The molecule has 0 bridgehead atoms. The molecule has 1 saturated heterocycles. The zero-order valence-corrected chi connectivity index (χ0v) is 13.8. The molecule has 0 saturated carbocycles. The highest BCUT2D eigenvalue weighted by Gasteiger charge is 2.23. The smallest absolute Gasteiger partial charge is 0.138 e. The van der Waals surface area contributed by atoms with Crippen molar-refractivity contribution in [1.82, 2.24) is 34.8 Å². The Morgan fingerprint density at radius 3 is 3.00 bits per heavy atom. The van der Waals surface area contributed by atoms with Gasteiger partial charge >= 0.3 is 0 Å². The summed E-state index contributed by atoms with van der Waals surface area (Å²) in [6.07, 6.45) is 7.26. The number of nitrogens with zero attached hydrogens (tertiary/aromatic N) is 6. The number of rotatable bonds is 4. The van der Waals surface area contributed by atoms with Crippen LogP contribution in [0.2, 0.25) is 0 Å². The van der Waals surface area contributed by atoms with Gasteiger partial charge in [-0.1, -0.05) is 12.1 Å². The predicted octanol–water partition coefficient (Wildman–Crippen LogP) is 2.07. The third-order valence-electron chi connectivity index (χ3n) is 4.66. The molecule has 0 radical (unpaired) electrons. The lowest BCUT2D eigenvalue weighted by Gasteiger charge is -2.31. The summed E-state index contributed by atoms with van der Waals surface area (Å²) in [5.74, 6) is 1.47. The van der Waals surface area contributed by atoms with Crippen LogP contribution >= 0.6 is 0 Å². The Hall–Kier alpha value is -2.54. The molecule has 7 heteroatoms. The summed E-state index contributed by atoms with van der Waals surface area (Å²) in [5.41, 5.74) is 3.62. The molecule has 0 amide bonds. The lowest BCUT2D eigenvalue weighted by atomic mass is 9.97. The van der Waals surface area contributed by atoms with E-state index in [9.17, 15) is 0 Å². The third-order valence-corrected chi connectivity index (χ3v) is 4.66. The fourth-order valence-corrected chi connectivity index (χ4v) is 3.50. The van der Waals surface area contributed by atoms with E-state index in [1.807, 2.05) is 0 Å². The fourth-order valence-electron chi connectivity index (χ4n) is 3.50. The molecule has 0 aliphatic carbocycles. The lowest BCUT2D eigenvalue weighted by Crippen LogP contribution is -2.34. The van der Waals surface area contributed by atoms with Crippen molar-refractivity contribution in [3.8, 4) is 5.69 Å². The van der Waals surface area contributed by atoms with Crippen LogP contribution in [0.4, 0.5) is 0 Å². The van der Waals surface area contributed by atoms with Crippen molar-refractivity contribution in [1.29, 1.82) is 0 Å². The Labute approximate surface area is 140 Å². The average Bonchev–Trinajstić information content (AvgIpc) is 3.29. The van der Waals surface area contributed by atoms with Crippen molar-refractivity contribution >= 4 is 0 Å². The van der Waals surface area contributed by atoms with Gasteiger partial charge in [0, 0.05) is 19.0 Å². The first-order valence-electron chi connectivity index (χ1n) is 8.32. The van der Waals surface area contributed by atoms with Gasteiger partial charge < -0.3 is 0 Å². The number of benzene rings is 1. The Kier molecular flexibility index (Phi) is 4.08. The third kappa shape index (κ3) is 3.07. The quantitative estimate of drug-likeness (QED) is 0.795. The van der Waals surface area contributed by atoms with Crippen LogP contribution in [0.1, 0.15) is 35.7 Å². The van der Waals surface area contributed by atoms with Gasteiger partial charge in [0.05, 0.1) is 5.69 Å². The van der Waals surface area contributed by atoms with Crippen molar-refractivity contribution in [2.45, 2.75) is 32.2 Å². The minimum absolute atomic E-state index is 0.455. The van der Waals surface area contributed by atoms with Crippen LogP contribution in [0.25, 0.3) is 5.69 Å². The van der Waals surface area contributed by atoms with Gasteiger partial charge in [-0.15, -0.1) is 0 Å². The van der Waals surface area contributed by atoms with Crippen molar-refractivity contribution in [2.75, 3.05) is 13.1 Å². The maximum Gasteiger partial charge on any atom is 0.138 e. The highest BCUT2D eigenvalue weighted by Crippen LogP contribution is 2.25. The van der Waals surface area contributed by atoms with Crippen molar-refractivity contribution in [2.24, 2.45) is 0 Å². The summed E-state index contributed by atoms with van der Waals surface area (Å²) in [6.45, 7) is 5.24. The van der Waals surface area contributed by atoms with Gasteiger partial charge in [0.25, 0.3) is 0 Å². The minimum atomic E-state index is 0.455. The second-order valence-electron chi connectivity index (χ2n) is 6.41. The summed E-state index contributed by atoms with van der Waals surface area (Å²) in [4.78, 5) is 10.8. The van der Waals surface area contributed by atoms with Crippen LogP contribution in [-0.4, -0.2) is 47.9 Å². The molecule has 124 valence electrons. The number of aromatic amines is 1. The number of likely N-dealkylation sites (tertiary alicyclic amines) is 1. The molecule has 1 N–H and O–H groups in total. The summed E-state index contributed by atoms with van der Waals surface area (Å²) in [5, 5.41) is 11.2. The summed E-state index contributed by atoms with van der Waals surface area (Å²) >= 11 is 0. The molecule has 4 rings (SSSR count). The maximum atomic E-state index is 4.33. The molecule has 3 aromatic rings. The lowest BCUT2D eigenvalue weighted by molar-refractivity contribution is 0.196. The highest BCUT2D eigenvalue weighted by atomic mass is 15.3. The first kappa shape index (κ1) is 15.0. The number of H-pyrrole nitrogens is 1. The summed E-state index contributed by atoms with van der Waals surface area (Å²) in [7, 11) is 0. The molecule has 1 aromatic carbocycles. The molecule has 7 nitrogen and oxygen atoms in total. The van der Waals surface area contributed by atoms with E-state index in [0.29, 0.717) is 5.92 Å². The molecule has 3 heterocycles. The normalized spacial score (nSPS) is 18.8. The number of nitrogens with one attached hydrogen (secondary N) is 1. The Morgan fingerprint density at radius 1 is 1.29 bits per heavy atom. The van der Waals surface area contributed by atoms with Crippen LogP contribution < -0.4 is 0 Å². The highest BCUT2D eigenvalue weighted by molar-refractivity contribution is 5.41. The van der Waals surface area contributed by atoms with Gasteiger partial charge in [0.2, 0.25) is 0 Å². The molecular formula is C17H21N7. The second-order valence-corrected chi connectivity index (χ2v) is 6.41. The molecule has 2 aromatic heterocycles. The first-order valence-corrected chi connectivity index (χ1v) is 8.32. The molecule has 1 atom stereocenters. The van der Waals surface area contributed by atoms with E-state index in [-0.39, 0.29) is 0 Å². The Morgan fingerprint density at radius 2 is 2.25 bits per heavy atom. The Balaban J connectivity index is 1.46. The molecular weight excluding hydrogens is 302 g/mol. The van der Waals surface area contributed by atoms with Gasteiger partial charge in [-0.05, 0) is 43.5 Å². The van der Waals surface area contributed by atoms with Gasteiger partial charge in [-0.3, -0.25) is 10.00 Å². The largest absolute Gasteiger partial charge is 0.298 e. The van der Waals surface area contributed by atoms with Crippen LogP contribution in [-0.2, 0) is 6.54 Å². The first-order chi connectivity index (χ1) is 11.8.